The number of rotatable bonds is 4. The molecular formula is C15H21BrClNO. The zero-order valence-corrected chi connectivity index (χ0v) is 13.6. The molecule has 2 nitrogen and oxygen atoms in total. The first-order valence-corrected chi connectivity index (χ1v) is 8.12. The van der Waals surface area contributed by atoms with Crippen molar-refractivity contribution in [2.24, 2.45) is 17.6 Å². The van der Waals surface area contributed by atoms with Crippen LogP contribution in [-0.2, 0) is 0 Å². The predicted molar refractivity (Wildman–Crippen MR) is 83.7 cm³/mol. The van der Waals surface area contributed by atoms with Crippen molar-refractivity contribution in [2.75, 3.05) is 6.54 Å². The highest BCUT2D eigenvalue weighted by atomic mass is 79.9. The summed E-state index contributed by atoms with van der Waals surface area (Å²) in [5.41, 5.74) is 5.88. The summed E-state index contributed by atoms with van der Waals surface area (Å²) in [4.78, 5) is 0. The summed E-state index contributed by atoms with van der Waals surface area (Å²) in [6.07, 6.45) is 4.93. The molecule has 1 aliphatic rings. The van der Waals surface area contributed by atoms with Crippen LogP contribution in [0.3, 0.4) is 0 Å². The van der Waals surface area contributed by atoms with Crippen LogP contribution >= 0.6 is 27.5 Å². The van der Waals surface area contributed by atoms with Crippen molar-refractivity contribution >= 4 is 27.5 Å². The van der Waals surface area contributed by atoms with Crippen molar-refractivity contribution in [1.82, 2.24) is 0 Å². The van der Waals surface area contributed by atoms with E-state index in [9.17, 15) is 0 Å². The fourth-order valence-electron chi connectivity index (χ4n) is 2.79. The summed E-state index contributed by atoms with van der Waals surface area (Å²) >= 11 is 9.63. The molecule has 0 radical (unpaired) electrons. The van der Waals surface area contributed by atoms with Crippen LogP contribution in [0, 0.1) is 11.8 Å². The molecule has 1 saturated carbocycles. The maximum atomic E-state index is 6.22. The molecule has 2 rings (SSSR count). The van der Waals surface area contributed by atoms with Crippen molar-refractivity contribution < 1.29 is 4.74 Å². The van der Waals surface area contributed by atoms with E-state index in [2.05, 4.69) is 22.9 Å². The van der Waals surface area contributed by atoms with E-state index in [1.807, 2.05) is 18.2 Å². The average molecular weight is 347 g/mol. The van der Waals surface area contributed by atoms with Gasteiger partial charge in [0.2, 0.25) is 0 Å². The predicted octanol–water partition coefficient (Wildman–Crippen LogP) is 4.63. The topological polar surface area (TPSA) is 35.2 Å². The summed E-state index contributed by atoms with van der Waals surface area (Å²) in [7, 11) is 0. The second-order valence-corrected chi connectivity index (χ2v) is 6.64. The summed E-state index contributed by atoms with van der Waals surface area (Å²) in [5, 5.41) is 0.656. The monoisotopic (exact) mass is 345 g/mol. The Hall–Kier alpha value is -0.250. The molecule has 19 heavy (non-hydrogen) atoms. The number of hydrogen-bond donors (Lipinski definition) is 1. The van der Waals surface area contributed by atoms with Crippen molar-refractivity contribution in [3.05, 3.63) is 27.7 Å². The molecule has 0 aromatic heterocycles. The van der Waals surface area contributed by atoms with Crippen LogP contribution in [0.1, 0.15) is 32.6 Å². The molecule has 0 heterocycles. The first kappa shape index (κ1) is 15.1. The van der Waals surface area contributed by atoms with Crippen LogP contribution in [0.2, 0.25) is 5.02 Å². The molecule has 1 aromatic rings. The zero-order valence-electron chi connectivity index (χ0n) is 11.2. The van der Waals surface area contributed by atoms with Gasteiger partial charge >= 0.3 is 0 Å². The summed E-state index contributed by atoms with van der Waals surface area (Å²) < 4.78 is 7.11. The number of nitrogens with two attached hydrogens (primary N) is 1. The van der Waals surface area contributed by atoms with Gasteiger partial charge in [0.1, 0.15) is 11.9 Å². The van der Waals surface area contributed by atoms with Gasteiger partial charge in [-0.1, -0.05) is 40.9 Å². The third kappa shape index (κ3) is 3.87. The minimum Gasteiger partial charge on any atom is -0.489 e. The lowest BCUT2D eigenvalue weighted by molar-refractivity contribution is 0.0685. The Morgan fingerprint density at radius 1 is 1.42 bits per heavy atom. The van der Waals surface area contributed by atoms with E-state index in [1.165, 1.54) is 12.8 Å². The lowest BCUT2D eigenvalue weighted by Gasteiger charge is -2.35. The average Bonchev–Trinajstić information content (AvgIpc) is 2.41. The molecule has 0 spiro atoms. The maximum absolute atomic E-state index is 6.22. The standard InChI is InChI=1S/C15H21BrClNO/c1-2-10-3-4-11(9-18)15(7-10)19-14-6-5-12(16)8-13(14)17/h5-6,8,10-11,15H,2-4,7,9,18H2,1H3. The Kier molecular flexibility index (Phi) is 5.55. The first-order valence-electron chi connectivity index (χ1n) is 6.95. The van der Waals surface area contributed by atoms with Crippen molar-refractivity contribution in [2.45, 2.75) is 38.7 Å². The molecule has 0 saturated heterocycles. The van der Waals surface area contributed by atoms with Crippen LogP contribution in [0.5, 0.6) is 5.75 Å². The molecule has 2 N–H and O–H groups in total. The second-order valence-electron chi connectivity index (χ2n) is 5.31. The zero-order chi connectivity index (χ0) is 13.8. The van der Waals surface area contributed by atoms with Crippen LogP contribution in [0.25, 0.3) is 0 Å². The summed E-state index contributed by atoms with van der Waals surface area (Å²) in [5.74, 6) is 1.97. The van der Waals surface area contributed by atoms with Gasteiger partial charge in [0.25, 0.3) is 0 Å². The number of ether oxygens (including phenoxy) is 1. The van der Waals surface area contributed by atoms with Gasteiger partial charge in [-0.25, -0.2) is 0 Å². The highest BCUT2D eigenvalue weighted by Gasteiger charge is 2.30. The third-order valence-electron chi connectivity index (χ3n) is 4.09. The van der Waals surface area contributed by atoms with Gasteiger partial charge in [-0.05, 0) is 49.9 Å². The summed E-state index contributed by atoms with van der Waals surface area (Å²) in [6.45, 7) is 2.94. The van der Waals surface area contributed by atoms with E-state index in [4.69, 9.17) is 22.1 Å². The highest BCUT2D eigenvalue weighted by Crippen LogP contribution is 2.36. The molecule has 1 fully saturated rings. The maximum Gasteiger partial charge on any atom is 0.138 e. The SMILES string of the molecule is CCC1CCC(CN)C(Oc2ccc(Br)cc2Cl)C1. The number of benzene rings is 1. The largest absolute Gasteiger partial charge is 0.489 e. The van der Waals surface area contributed by atoms with E-state index in [0.717, 1.165) is 29.0 Å². The van der Waals surface area contributed by atoms with Gasteiger partial charge in [0, 0.05) is 10.4 Å². The summed E-state index contributed by atoms with van der Waals surface area (Å²) in [6, 6.07) is 5.75. The first-order chi connectivity index (χ1) is 9.13. The van der Waals surface area contributed by atoms with Crippen LogP contribution < -0.4 is 10.5 Å². The Morgan fingerprint density at radius 3 is 2.84 bits per heavy atom. The van der Waals surface area contributed by atoms with E-state index < -0.39 is 0 Å². The van der Waals surface area contributed by atoms with E-state index >= 15 is 0 Å². The number of halogens is 2. The quantitative estimate of drug-likeness (QED) is 0.862. The molecule has 4 heteroatoms. The van der Waals surface area contributed by atoms with Gasteiger partial charge in [-0.15, -0.1) is 0 Å². The Bertz CT molecular complexity index is 427. The third-order valence-corrected chi connectivity index (χ3v) is 4.88. The van der Waals surface area contributed by atoms with E-state index in [0.29, 0.717) is 17.5 Å². The number of hydrogen-bond acceptors (Lipinski definition) is 2. The molecule has 3 unspecified atom stereocenters. The second kappa shape index (κ2) is 6.96. The van der Waals surface area contributed by atoms with E-state index in [1.54, 1.807) is 0 Å². The van der Waals surface area contributed by atoms with Crippen LogP contribution in [-0.4, -0.2) is 12.6 Å². The lowest BCUT2D eigenvalue weighted by Crippen LogP contribution is -2.38. The van der Waals surface area contributed by atoms with Crippen LogP contribution in [0.4, 0.5) is 0 Å². The van der Waals surface area contributed by atoms with Crippen molar-refractivity contribution in [3.63, 3.8) is 0 Å². The van der Waals surface area contributed by atoms with Gasteiger partial charge in [-0.2, -0.15) is 0 Å². The molecular weight excluding hydrogens is 326 g/mol. The molecule has 3 atom stereocenters. The Balaban J connectivity index is 2.09. The van der Waals surface area contributed by atoms with Gasteiger partial charge < -0.3 is 10.5 Å². The molecule has 106 valence electrons. The lowest BCUT2D eigenvalue weighted by atomic mass is 9.78. The molecule has 0 bridgehead atoms. The Morgan fingerprint density at radius 2 is 2.21 bits per heavy atom. The molecule has 1 aromatic carbocycles. The highest BCUT2D eigenvalue weighted by molar-refractivity contribution is 9.10. The fourth-order valence-corrected chi connectivity index (χ4v) is 3.51. The van der Waals surface area contributed by atoms with E-state index in [-0.39, 0.29) is 6.10 Å². The van der Waals surface area contributed by atoms with Crippen molar-refractivity contribution in [1.29, 1.82) is 0 Å². The van der Waals surface area contributed by atoms with Gasteiger partial charge in [0.05, 0.1) is 5.02 Å². The van der Waals surface area contributed by atoms with Crippen molar-refractivity contribution in [3.8, 4) is 5.75 Å². The Labute approximate surface area is 128 Å². The normalized spacial score (nSPS) is 27.3. The molecule has 1 aliphatic carbocycles. The molecule has 0 amide bonds. The van der Waals surface area contributed by atoms with Crippen LogP contribution in [0.15, 0.2) is 22.7 Å². The van der Waals surface area contributed by atoms with Gasteiger partial charge in [0.15, 0.2) is 0 Å². The van der Waals surface area contributed by atoms with Gasteiger partial charge in [-0.3, -0.25) is 0 Å². The minimum absolute atomic E-state index is 0.197. The fraction of sp³-hybridized carbons (Fsp3) is 0.600. The smallest absolute Gasteiger partial charge is 0.138 e. The molecule has 0 aliphatic heterocycles. The minimum atomic E-state index is 0.197.